The molecule has 1 rings (SSSR count). The molecular weight excluding hydrogens is 351 g/mol. The second-order valence-electron chi connectivity index (χ2n) is 4.42. The number of hydrogen-bond acceptors (Lipinski definition) is 4. The van der Waals surface area contributed by atoms with Crippen LogP contribution >= 0.6 is 0 Å². The van der Waals surface area contributed by atoms with Crippen molar-refractivity contribution in [1.29, 1.82) is 0 Å². The van der Waals surface area contributed by atoms with Crippen LogP contribution in [0, 0.1) is 5.92 Å². The fourth-order valence-electron chi connectivity index (χ4n) is 1.63. The van der Waals surface area contributed by atoms with Crippen LogP contribution in [0.25, 0.3) is 0 Å². The molecule has 0 saturated carbocycles. The number of hydrogen-bond donors (Lipinski definition) is 1. The van der Waals surface area contributed by atoms with E-state index in [4.69, 9.17) is 4.55 Å². The standard InChI is InChI=1S/C12H11F5O5S/c13-11(14,15)9(12(16,17)23(19,20)21)6-7-22-10(18)8-4-2-1-3-5-8/h1-5,9H,6-7H2,(H,19,20,21). The van der Waals surface area contributed by atoms with Crippen molar-refractivity contribution in [2.45, 2.75) is 17.9 Å². The van der Waals surface area contributed by atoms with Gasteiger partial charge in [-0.1, -0.05) is 18.2 Å². The Morgan fingerprint density at radius 2 is 1.65 bits per heavy atom. The lowest BCUT2D eigenvalue weighted by Gasteiger charge is -2.26. The summed E-state index contributed by atoms with van der Waals surface area (Å²) in [6, 6.07) is 7.03. The van der Waals surface area contributed by atoms with Gasteiger partial charge >= 0.3 is 27.5 Å². The van der Waals surface area contributed by atoms with Gasteiger partial charge in [0.1, 0.15) is 5.92 Å². The molecule has 1 aromatic rings. The Labute approximate surface area is 127 Å². The van der Waals surface area contributed by atoms with Gasteiger partial charge in [0.05, 0.1) is 12.2 Å². The zero-order chi connectivity index (χ0) is 17.9. The minimum atomic E-state index is -6.28. The summed E-state index contributed by atoms with van der Waals surface area (Å²) in [6.07, 6.45) is -7.16. The number of alkyl halides is 5. The number of carbonyl (C=O) groups excluding carboxylic acids is 1. The molecular formula is C12H11F5O5S. The van der Waals surface area contributed by atoms with Crippen LogP contribution in [-0.2, 0) is 14.9 Å². The maximum Gasteiger partial charge on any atom is 0.398 e. The monoisotopic (exact) mass is 362 g/mol. The summed E-state index contributed by atoms with van der Waals surface area (Å²) >= 11 is 0. The van der Waals surface area contributed by atoms with E-state index in [0.717, 1.165) is 0 Å². The number of rotatable bonds is 6. The van der Waals surface area contributed by atoms with Crippen molar-refractivity contribution in [3.05, 3.63) is 35.9 Å². The highest BCUT2D eigenvalue weighted by Crippen LogP contribution is 2.43. The van der Waals surface area contributed by atoms with Gasteiger partial charge < -0.3 is 4.74 Å². The molecule has 0 radical (unpaired) electrons. The van der Waals surface area contributed by atoms with Crippen LogP contribution in [0.5, 0.6) is 0 Å². The van der Waals surface area contributed by atoms with E-state index in [1.165, 1.54) is 24.3 Å². The molecule has 1 unspecified atom stereocenters. The minimum absolute atomic E-state index is 0.0161. The summed E-state index contributed by atoms with van der Waals surface area (Å²) in [4.78, 5) is 11.5. The van der Waals surface area contributed by atoms with Gasteiger partial charge in [0.25, 0.3) is 0 Å². The number of halogens is 5. The van der Waals surface area contributed by atoms with Crippen LogP contribution < -0.4 is 0 Å². The van der Waals surface area contributed by atoms with E-state index in [-0.39, 0.29) is 5.56 Å². The Morgan fingerprint density at radius 3 is 2.09 bits per heavy atom. The van der Waals surface area contributed by atoms with E-state index in [1.807, 2.05) is 0 Å². The van der Waals surface area contributed by atoms with Gasteiger partial charge in [-0.25, -0.2) is 4.79 Å². The quantitative estimate of drug-likeness (QED) is 0.478. The molecule has 0 amide bonds. The SMILES string of the molecule is O=C(OCCC(C(F)(F)F)C(F)(F)S(=O)(=O)O)c1ccccc1. The third-order valence-electron chi connectivity index (χ3n) is 2.79. The maximum absolute atomic E-state index is 13.2. The summed E-state index contributed by atoms with van der Waals surface area (Å²) in [5.41, 5.74) is -0.0161. The predicted molar refractivity (Wildman–Crippen MR) is 67.4 cm³/mol. The van der Waals surface area contributed by atoms with Crippen molar-refractivity contribution < 1.29 is 44.5 Å². The lowest BCUT2D eigenvalue weighted by atomic mass is 10.1. The lowest BCUT2D eigenvalue weighted by Crippen LogP contribution is -2.45. The first kappa shape index (κ1) is 19.3. The molecule has 0 aromatic heterocycles. The van der Waals surface area contributed by atoms with Gasteiger partial charge in [-0.3, -0.25) is 4.55 Å². The Bertz CT molecular complexity index is 642. The van der Waals surface area contributed by atoms with Crippen LogP contribution in [0.3, 0.4) is 0 Å². The molecule has 11 heteroatoms. The van der Waals surface area contributed by atoms with Crippen LogP contribution in [-0.4, -0.2) is 37.0 Å². The first-order chi connectivity index (χ1) is 10.4. The minimum Gasteiger partial charge on any atom is -0.462 e. The highest BCUT2D eigenvalue weighted by Gasteiger charge is 2.62. The van der Waals surface area contributed by atoms with E-state index in [2.05, 4.69) is 4.74 Å². The first-order valence-corrected chi connectivity index (χ1v) is 7.45. The van der Waals surface area contributed by atoms with Crippen molar-refractivity contribution in [2.24, 2.45) is 5.92 Å². The topological polar surface area (TPSA) is 80.7 Å². The van der Waals surface area contributed by atoms with Crippen LogP contribution in [0.2, 0.25) is 0 Å². The first-order valence-electron chi connectivity index (χ1n) is 6.01. The van der Waals surface area contributed by atoms with Crippen LogP contribution in [0.15, 0.2) is 30.3 Å². The Morgan fingerprint density at radius 1 is 1.13 bits per heavy atom. The summed E-state index contributed by atoms with van der Waals surface area (Å²) < 4.78 is 97.9. The third kappa shape index (κ3) is 4.86. The van der Waals surface area contributed by atoms with Gasteiger partial charge in [-0.15, -0.1) is 0 Å². The molecule has 0 aliphatic carbocycles. The van der Waals surface area contributed by atoms with Gasteiger partial charge in [0, 0.05) is 6.42 Å². The Hall–Kier alpha value is -1.75. The molecule has 0 bridgehead atoms. The van der Waals surface area contributed by atoms with E-state index >= 15 is 0 Å². The van der Waals surface area contributed by atoms with Crippen molar-refractivity contribution in [3.63, 3.8) is 0 Å². The molecule has 0 aliphatic heterocycles. The predicted octanol–water partition coefficient (Wildman–Crippen LogP) is 2.89. The third-order valence-corrected chi connectivity index (χ3v) is 3.77. The lowest BCUT2D eigenvalue weighted by molar-refractivity contribution is -0.222. The number of ether oxygens (including phenoxy) is 1. The van der Waals surface area contributed by atoms with Gasteiger partial charge in [0.2, 0.25) is 0 Å². The average molecular weight is 362 g/mol. The summed E-state index contributed by atoms with van der Waals surface area (Å²) in [7, 11) is -6.28. The molecule has 130 valence electrons. The molecule has 0 saturated heterocycles. The maximum atomic E-state index is 13.2. The highest BCUT2D eigenvalue weighted by molar-refractivity contribution is 7.86. The fourth-order valence-corrected chi connectivity index (χ4v) is 2.24. The van der Waals surface area contributed by atoms with Crippen molar-refractivity contribution in [1.82, 2.24) is 0 Å². The number of esters is 1. The van der Waals surface area contributed by atoms with E-state index < -0.39 is 46.5 Å². The molecule has 0 heterocycles. The zero-order valence-electron chi connectivity index (χ0n) is 11.3. The average Bonchev–Trinajstić information content (AvgIpc) is 2.41. The number of carbonyl (C=O) groups is 1. The largest absolute Gasteiger partial charge is 0.462 e. The van der Waals surface area contributed by atoms with Crippen LogP contribution in [0.4, 0.5) is 22.0 Å². The Kier molecular flexibility index (Phi) is 5.69. The zero-order valence-corrected chi connectivity index (χ0v) is 12.1. The summed E-state index contributed by atoms with van der Waals surface area (Å²) in [5, 5.41) is -5.45. The molecule has 5 nitrogen and oxygen atoms in total. The normalized spacial score (nSPS) is 14.3. The number of benzene rings is 1. The molecule has 1 N–H and O–H groups in total. The second kappa shape index (κ2) is 6.79. The summed E-state index contributed by atoms with van der Waals surface area (Å²) in [5.74, 6) is -4.77. The van der Waals surface area contributed by atoms with Crippen molar-refractivity contribution in [2.75, 3.05) is 6.61 Å². The summed E-state index contributed by atoms with van der Waals surface area (Å²) in [6.45, 7) is -1.11. The van der Waals surface area contributed by atoms with Crippen LogP contribution in [0.1, 0.15) is 16.8 Å². The molecule has 23 heavy (non-hydrogen) atoms. The van der Waals surface area contributed by atoms with E-state index in [0.29, 0.717) is 0 Å². The van der Waals surface area contributed by atoms with Gasteiger partial charge in [-0.05, 0) is 12.1 Å². The second-order valence-corrected chi connectivity index (χ2v) is 5.92. The molecule has 0 fully saturated rings. The molecule has 1 aromatic carbocycles. The van der Waals surface area contributed by atoms with Crippen molar-refractivity contribution in [3.8, 4) is 0 Å². The highest BCUT2D eigenvalue weighted by atomic mass is 32.2. The molecule has 0 spiro atoms. The van der Waals surface area contributed by atoms with E-state index in [9.17, 15) is 35.2 Å². The van der Waals surface area contributed by atoms with Gasteiger partial charge in [0.15, 0.2) is 0 Å². The fraction of sp³-hybridized carbons (Fsp3) is 0.417. The van der Waals surface area contributed by atoms with E-state index in [1.54, 1.807) is 6.07 Å². The Balaban J connectivity index is 2.80. The van der Waals surface area contributed by atoms with Crippen molar-refractivity contribution >= 4 is 16.1 Å². The molecule has 1 atom stereocenters. The van der Waals surface area contributed by atoms with Gasteiger partial charge in [-0.2, -0.15) is 30.4 Å². The smallest absolute Gasteiger partial charge is 0.398 e. The molecule has 0 aliphatic rings.